The molecule has 0 spiro atoms. The molecule has 0 aliphatic carbocycles. The second kappa shape index (κ2) is 6.47. The van der Waals surface area contributed by atoms with Crippen molar-refractivity contribution in [2.24, 2.45) is 0 Å². The first-order chi connectivity index (χ1) is 7.22. The molecule has 0 aromatic carbocycles. The van der Waals surface area contributed by atoms with Crippen LogP contribution in [0.1, 0.15) is 5.56 Å². The van der Waals surface area contributed by atoms with E-state index in [9.17, 15) is 8.78 Å². The predicted octanol–water partition coefficient (Wildman–Crippen LogP) is 0.884. The lowest BCUT2D eigenvalue weighted by Gasteiger charge is -2.01. The molecule has 1 heterocycles. The van der Waals surface area contributed by atoms with Gasteiger partial charge < -0.3 is 10.1 Å². The Bertz CT molecular complexity index is 278. The summed E-state index contributed by atoms with van der Waals surface area (Å²) in [5.74, 6) is 0. The molecule has 15 heavy (non-hydrogen) atoms. The first kappa shape index (κ1) is 12.1. The average molecular weight is 219 g/mol. The SMILES string of the molecule is COCCNCc1cnn(CC(F)F)c1. The van der Waals surface area contributed by atoms with Crippen molar-refractivity contribution in [3.8, 4) is 0 Å². The number of ether oxygens (including phenoxy) is 1. The molecule has 0 fully saturated rings. The number of nitrogens with one attached hydrogen (secondary N) is 1. The molecule has 6 heteroatoms. The molecular formula is C9H15F2N3O. The van der Waals surface area contributed by atoms with Crippen LogP contribution in [-0.2, 0) is 17.8 Å². The molecule has 86 valence electrons. The van der Waals surface area contributed by atoms with Crippen molar-refractivity contribution < 1.29 is 13.5 Å². The van der Waals surface area contributed by atoms with Gasteiger partial charge in [-0.2, -0.15) is 5.10 Å². The Kier molecular flexibility index (Phi) is 5.20. The maximum absolute atomic E-state index is 12.0. The van der Waals surface area contributed by atoms with Gasteiger partial charge in [0.15, 0.2) is 0 Å². The third-order valence-electron chi connectivity index (χ3n) is 1.82. The summed E-state index contributed by atoms with van der Waals surface area (Å²) in [5.41, 5.74) is 0.895. The second-order valence-corrected chi connectivity index (χ2v) is 3.13. The van der Waals surface area contributed by atoms with Gasteiger partial charge in [0.2, 0.25) is 0 Å². The fourth-order valence-electron chi connectivity index (χ4n) is 1.15. The van der Waals surface area contributed by atoms with E-state index < -0.39 is 6.43 Å². The van der Waals surface area contributed by atoms with E-state index in [4.69, 9.17) is 4.74 Å². The topological polar surface area (TPSA) is 39.1 Å². The van der Waals surface area contributed by atoms with E-state index in [1.54, 1.807) is 19.5 Å². The van der Waals surface area contributed by atoms with E-state index in [2.05, 4.69) is 10.4 Å². The highest BCUT2D eigenvalue weighted by Crippen LogP contribution is 2.01. The molecule has 0 aliphatic heterocycles. The van der Waals surface area contributed by atoms with E-state index >= 15 is 0 Å². The highest BCUT2D eigenvalue weighted by molar-refractivity contribution is 5.03. The van der Waals surface area contributed by atoms with Crippen molar-refractivity contribution in [1.82, 2.24) is 15.1 Å². The van der Waals surface area contributed by atoms with Crippen LogP contribution in [-0.4, -0.2) is 36.5 Å². The van der Waals surface area contributed by atoms with Crippen molar-refractivity contribution in [3.63, 3.8) is 0 Å². The molecule has 1 aromatic rings. The predicted molar refractivity (Wildman–Crippen MR) is 51.8 cm³/mol. The Morgan fingerprint density at radius 3 is 3.07 bits per heavy atom. The number of methoxy groups -OCH3 is 1. The van der Waals surface area contributed by atoms with E-state index in [1.165, 1.54) is 4.68 Å². The van der Waals surface area contributed by atoms with Gasteiger partial charge in [-0.05, 0) is 0 Å². The molecule has 0 aliphatic rings. The first-order valence-corrected chi connectivity index (χ1v) is 4.71. The van der Waals surface area contributed by atoms with Gasteiger partial charge in [-0.15, -0.1) is 0 Å². The van der Waals surface area contributed by atoms with Crippen LogP contribution in [0.2, 0.25) is 0 Å². The summed E-state index contributed by atoms with van der Waals surface area (Å²) in [5, 5.41) is 6.92. The smallest absolute Gasteiger partial charge is 0.257 e. The molecule has 1 aromatic heterocycles. The van der Waals surface area contributed by atoms with Crippen LogP contribution in [0.15, 0.2) is 12.4 Å². The number of hydrogen-bond donors (Lipinski definition) is 1. The third kappa shape index (κ3) is 4.85. The van der Waals surface area contributed by atoms with Gasteiger partial charge in [-0.3, -0.25) is 4.68 Å². The summed E-state index contributed by atoms with van der Waals surface area (Å²) in [4.78, 5) is 0. The van der Waals surface area contributed by atoms with Crippen molar-refractivity contribution in [2.75, 3.05) is 20.3 Å². The van der Waals surface area contributed by atoms with Gasteiger partial charge in [0.05, 0.1) is 12.8 Å². The fraction of sp³-hybridized carbons (Fsp3) is 0.667. The van der Waals surface area contributed by atoms with Crippen molar-refractivity contribution in [1.29, 1.82) is 0 Å². The van der Waals surface area contributed by atoms with Crippen molar-refractivity contribution in [3.05, 3.63) is 18.0 Å². The number of aromatic nitrogens is 2. The first-order valence-electron chi connectivity index (χ1n) is 4.71. The minimum Gasteiger partial charge on any atom is -0.383 e. The average Bonchev–Trinajstić information content (AvgIpc) is 2.59. The molecule has 1 rings (SSSR count). The maximum atomic E-state index is 12.0. The molecule has 0 saturated carbocycles. The van der Waals surface area contributed by atoms with Crippen LogP contribution >= 0.6 is 0 Å². The summed E-state index contributed by atoms with van der Waals surface area (Å²) in [6.07, 6.45) is 0.841. The van der Waals surface area contributed by atoms with Crippen LogP contribution < -0.4 is 5.32 Å². The number of halogens is 2. The summed E-state index contributed by atoms with van der Waals surface area (Å²) >= 11 is 0. The number of nitrogens with zero attached hydrogens (tertiary/aromatic N) is 2. The van der Waals surface area contributed by atoms with Crippen LogP contribution in [0, 0.1) is 0 Å². The minimum absolute atomic E-state index is 0.349. The normalized spacial score (nSPS) is 11.2. The standard InChI is InChI=1S/C9H15F2N3O/c1-15-3-2-12-4-8-5-13-14(6-8)7-9(10)11/h5-6,9,12H,2-4,7H2,1H3. The molecule has 0 atom stereocenters. The van der Waals surface area contributed by atoms with E-state index in [1.807, 2.05) is 0 Å². The van der Waals surface area contributed by atoms with Gasteiger partial charge in [-0.1, -0.05) is 0 Å². The van der Waals surface area contributed by atoms with Crippen LogP contribution in [0.5, 0.6) is 0 Å². The maximum Gasteiger partial charge on any atom is 0.257 e. The summed E-state index contributed by atoms with van der Waals surface area (Å²) in [7, 11) is 1.63. The van der Waals surface area contributed by atoms with Gasteiger partial charge in [-0.25, -0.2) is 8.78 Å². The Labute approximate surface area is 87.2 Å². The highest BCUT2D eigenvalue weighted by atomic mass is 19.3. The number of hydrogen-bond acceptors (Lipinski definition) is 3. The van der Waals surface area contributed by atoms with Crippen LogP contribution in [0.3, 0.4) is 0 Å². The summed E-state index contributed by atoms with van der Waals surface area (Å²) < 4.78 is 30.1. The third-order valence-corrected chi connectivity index (χ3v) is 1.82. The van der Waals surface area contributed by atoms with Gasteiger partial charge >= 0.3 is 0 Å². The molecule has 0 radical (unpaired) electrons. The largest absolute Gasteiger partial charge is 0.383 e. The summed E-state index contributed by atoms with van der Waals surface area (Å²) in [6, 6.07) is 0. The van der Waals surface area contributed by atoms with E-state index in [-0.39, 0.29) is 6.54 Å². The number of rotatable bonds is 7. The zero-order chi connectivity index (χ0) is 11.1. The molecular weight excluding hydrogens is 204 g/mol. The molecule has 0 unspecified atom stereocenters. The van der Waals surface area contributed by atoms with E-state index in [0.717, 1.165) is 12.1 Å². The van der Waals surface area contributed by atoms with Gasteiger partial charge in [0, 0.05) is 32.0 Å². The zero-order valence-electron chi connectivity index (χ0n) is 8.62. The molecule has 0 saturated heterocycles. The minimum atomic E-state index is -2.36. The Balaban J connectivity index is 2.26. The lowest BCUT2D eigenvalue weighted by molar-refractivity contribution is 0.122. The van der Waals surface area contributed by atoms with Gasteiger partial charge in [0.1, 0.15) is 6.54 Å². The highest BCUT2D eigenvalue weighted by Gasteiger charge is 2.05. The Hall–Kier alpha value is -1.01. The Morgan fingerprint density at radius 2 is 2.40 bits per heavy atom. The molecule has 4 nitrogen and oxygen atoms in total. The lowest BCUT2D eigenvalue weighted by Crippen LogP contribution is -2.18. The monoisotopic (exact) mass is 219 g/mol. The molecule has 1 N–H and O–H groups in total. The molecule has 0 amide bonds. The van der Waals surface area contributed by atoms with Crippen molar-refractivity contribution >= 4 is 0 Å². The lowest BCUT2D eigenvalue weighted by atomic mass is 10.3. The number of alkyl halides is 2. The molecule has 0 bridgehead atoms. The van der Waals surface area contributed by atoms with Crippen LogP contribution in [0.25, 0.3) is 0 Å². The fourth-order valence-corrected chi connectivity index (χ4v) is 1.15. The zero-order valence-corrected chi connectivity index (χ0v) is 8.62. The quantitative estimate of drug-likeness (QED) is 0.692. The van der Waals surface area contributed by atoms with Crippen molar-refractivity contribution in [2.45, 2.75) is 19.5 Å². The summed E-state index contributed by atoms with van der Waals surface area (Å²) in [6.45, 7) is 1.63. The second-order valence-electron chi connectivity index (χ2n) is 3.13. The van der Waals surface area contributed by atoms with E-state index in [0.29, 0.717) is 13.2 Å². The Morgan fingerprint density at radius 1 is 1.60 bits per heavy atom. The van der Waals surface area contributed by atoms with Gasteiger partial charge in [0.25, 0.3) is 6.43 Å². The van der Waals surface area contributed by atoms with Crippen LogP contribution in [0.4, 0.5) is 8.78 Å².